The molecule has 9 heteroatoms. The van der Waals surface area contributed by atoms with Crippen LogP contribution >= 0.6 is 0 Å². The Hall–Kier alpha value is -2.16. The number of hydrogen-bond donors (Lipinski definition) is 4. The zero-order chi connectivity index (χ0) is 14.5. The van der Waals surface area contributed by atoms with E-state index in [9.17, 15) is 4.79 Å². The molecule has 0 atom stereocenters. The second-order valence-electron chi connectivity index (χ2n) is 4.81. The summed E-state index contributed by atoms with van der Waals surface area (Å²) in [7, 11) is 3.66. The lowest BCUT2D eigenvalue weighted by Gasteiger charge is -2.13. The number of hydrogen-bond acceptors (Lipinski definition) is 8. The molecule has 1 aromatic heterocycles. The largest absolute Gasteiger partial charge is 0.354 e. The molecule has 1 aliphatic rings. The summed E-state index contributed by atoms with van der Waals surface area (Å²) in [5.41, 5.74) is 2.40. The summed E-state index contributed by atoms with van der Waals surface area (Å²) in [5, 5.41) is 5.89. The maximum atomic E-state index is 11.4. The molecule has 0 bridgehead atoms. The van der Waals surface area contributed by atoms with Gasteiger partial charge in [0.15, 0.2) is 0 Å². The van der Waals surface area contributed by atoms with Gasteiger partial charge in [-0.25, -0.2) is 5.84 Å². The fourth-order valence-corrected chi connectivity index (χ4v) is 1.56. The molecule has 1 heterocycles. The molecule has 110 valence electrons. The van der Waals surface area contributed by atoms with Gasteiger partial charge in [0.25, 0.3) is 0 Å². The number of rotatable bonds is 7. The van der Waals surface area contributed by atoms with Gasteiger partial charge < -0.3 is 15.5 Å². The van der Waals surface area contributed by atoms with Crippen LogP contribution in [0, 0.1) is 5.92 Å². The Morgan fingerprint density at radius 1 is 1.25 bits per heavy atom. The van der Waals surface area contributed by atoms with E-state index in [-0.39, 0.29) is 17.8 Å². The van der Waals surface area contributed by atoms with Crippen molar-refractivity contribution in [2.24, 2.45) is 11.8 Å². The fourth-order valence-electron chi connectivity index (χ4n) is 1.56. The SMILES string of the molecule is CN(C)c1nc(NN)nc(NCCNC(=O)C2CC2)n1. The number of nitrogen functional groups attached to an aromatic ring is 1. The van der Waals surface area contributed by atoms with Crippen molar-refractivity contribution in [3.05, 3.63) is 0 Å². The van der Waals surface area contributed by atoms with Crippen LogP contribution in [0.3, 0.4) is 0 Å². The van der Waals surface area contributed by atoms with Gasteiger partial charge in [0, 0.05) is 33.1 Å². The molecule has 1 saturated carbocycles. The number of hydrazine groups is 1. The summed E-state index contributed by atoms with van der Waals surface area (Å²) in [6.07, 6.45) is 2.01. The number of carbonyl (C=O) groups is 1. The van der Waals surface area contributed by atoms with Crippen LogP contribution in [0.2, 0.25) is 0 Å². The number of nitrogens with zero attached hydrogens (tertiary/aromatic N) is 4. The highest BCUT2D eigenvalue weighted by Gasteiger charge is 2.28. The highest BCUT2D eigenvalue weighted by Crippen LogP contribution is 2.28. The predicted octanol–water partition coefficient (Wildman–Crippen LogP) is -0.839. The van der Waals surface area contributed by atoms with Gasteiger partial charge in [0.1, 0.15) is 0 Å². The van der Waals surface area contributed by atoms with Gasteiger partial charge in [-0.1, -0.05) is 0 Å². The van der Waals surface area contributed by atoms with Crippen LogP contribution in [0.15, 0.2) is 0 Å². The zero-order valence-electron chi connectivity index (χ0n) is 11.7. The molecule has 0 radical (unpaired) electrons. The summed E-state index contributed by atoms with van der Waals surface area (Å²) in [6.45, 7) is 1.07. The summed E-state index contributed by atoms with van der Waals surface area (Å²) in [6, 6.07) is 0. The first kappa shape index (κ1) is 14.3. The van der Waals surface area contributed by atoms with E-state index in [2.05, 4.69) is 31.0 Å². The van der Waals surface area contributed by atoms with Crippen LogP contribution in [0.5, 0.6) is 0 Å². The summed E-state index contributed by atoms with van der Waals surface area (Å²) < 4.78 is 0. The van der Waals surface area contributed by atoms with E-state index >= 15 is 0 Å². The minimum atomic E-state index is 0.126. The normalized spacial score (nSPS) is 13.8. The third kappa shape index (κ3) is 3.92. The van der Waals surface area contributed by atoms with Gasteiger partial charge >= 0.3 is 0 Å². The van der Waals surface area contributed by atoms with Crippen LogP contribution in [-0.4, -0.2) is 48.0 Å². The molecular formula is C11H20N8O. The van der Waals surface area contributed by atoms with Crippen molar-refractivity contribution >= 4 is 23.8 Å². The number of carbonyl (C=O) groups excluding carboxylic acids is 1. The Morgan fingerprint density at radius 3 is 2.55 bits per heavy atom. The minimum Gasteiger partial charge on any atom is -0.354 e. The third-order valence-corrected chi connectivity index (χ3v) is 2.81. The molecule has 0 saturated heterocycles. The number of amides is 1. The van der Waals surface area contributed by atoms with Crippen molar-refractivity contribution in [3.63, 3.8) is 0 Å². The van der Waals surface area contributed by atoms with Gasteiger partial charge in [0.05, 0.1) is 0 Å². The van der Waals surface area contributed by atoms with E-state index in [0.717, 1.165) is 12.8 Å². The first-order valence-corrected chi connectivity index (χ1v) is 6.51. The number of anilines is 3. The molecule has 0 spiro atoms. The fraction of sp³-hybridized carbons (Fsp3) is 0.636. The van der Waals surface area contributed by atoms with E-state index in [1.165, 1.54) is 0 Å². The van der Waals surface area contributed by atoms with Gasteiger partial charge in [-0.2, -0.15) is 15.0 Å². The van der Waals surface area contributed by atoms with Crippen molar-refractivity contribution in [1.29, 1.82) is 0 Å². The minimum absolute atomic E-state index is 0.126. The molecule has 0 unspecified atom stereocenters. The maximum absolute atomic E-state index is 11.4. The van der Waals surface area contributed by atoms with Crippen molar-refractivity contribution in [1.82, 2.24) is 20.3 Å². The Balaban J connectivity index is 1.84. The van der Waals surface area contributed by atoms with Crippen LogP contribution < -0.4 is 26.8 Å². The Morgan fingerprint density at radius 2 is 1.95 bits per heavy atom. The Bertz CT molecular complexity index is 473. The quantitative estimate of drug-likeness (QED) is 0.290. The monoisotopic (exact) mass is 280 g/mol. The summed E-state index contributed by atoms with van der Waals surface area (Å²) >= 11 is 0. The van der Waals surface area contributed by atoms with E-state index in [4.69, 9.17) is 5.84 Å². The first-order valence-electron chi connectivity index (χ1n) is 6.51. The third-order valence-electron chi connectivity index (χ3n) is 2.81. The van der Waals surface area contributed by atoms with Gasteiger partial charge in [-0.3, -0.25) is 10.2 Å². The molecule has 0 aliphatic heterocycles. The van der Waals surface area contributed by atoms with E-state index in [0.29, 0.717) is 25.0 Å². The summed E-state index contributed by atoms with van der Waals surface area (Å²) in [4.78, 5) is 25.6. The van der Waals surface area contributed by atoms with E-state index in [1.54, 1.807) is 4.90 Å². The molecule has 0 aromatic carbocycles. The van der Waals surface area contributed by atoms with Gasteiger partial charge in [-0.15, -0.1) is 0 Å². The number of nitrogens with one attached hydrogen (secondary N) is 3. The molecule has 9 nitrogen and oxygen atoms in total. The topological polar surface area (TPSA) is 121 Å². The molecule has 20 heavy (non-hydrogen) atoms. The lowest BCUT2D eigenvalue weighted by Crippen LogP contribution is -2.30. The van der Waals surface area contributed by atoms with Crippen LogP contribution in [0.4, 0.5) is 17.8 Å². The van der Waals surface area contributed by atoms with Crippen molar-refractivity contribution in [2.45, 2.75) is 12.8 Å². The predicted molar refractivity (Wildman–Crippen MR) is 76.2 cm³/mol. The maximum Gasteiger partial charge on any atom is 0.243 e. The number of aromatic nitrogens is 3. The molecule has 1 aliphatic carbocycles. The smallest absolute Gasteiger partial charge is 0.243 e. The van der Waals surface area contributed by atoms with E-state index in [1.807, 2.05) is 14.1 Å². The molecule has 2 rings (SSSR count). The molecule has 1 amide bonds. The highest BCUT2D eigenvalue weighted by atomic mass is 16.2. The van der Waals surface area contributed by atoms with Crippen molar-refractivity contribution in [3.8, 4) is 0 Å². The molecule has 1 fully saturated rings. The van der Waals surface area contributed by atoms with E-state index < -0.39 is 0 Å². The van der Waals surface area contributed by atoms with Crippen LogP contribution in [0.1, 0.15) is 12.8 Å². The van der Waals surface area contributed by atoms with Crippen LogP contribution in [-0.2, 0) is 4.79 Å². The average molecular weight is 280 g/mol. The molecular weight excluding hydrogens is 260 g/mol. The first-order chi connectivity index (χ1) is 9.60. The van der Waals surface area contributed by atoms with Gasteiger partial charge in [-0.05, 0) is 12.8 Å². The molecule has 1 aromatic rings. The lowest BCUT2D eigenvalue weighted by molar-refractivity contribution is -0.122. The van der Waals surface area contributed by atoms with Crippen LogP contribution in [0.25, 0.3) is 0 Å². The zero-order valence-corrected chi connectivity index (χ0v) is 11.7. The lowest BCUT2D eigenvalue weighted by atomic mass is 10.4. The number of nitrogens with two attached hydrogens (primary N) is 1. The second-order valence-corrected chi connectivity index (χ2v) is 4.81. The Labute approximate surface area is 117 Å². The molecule has 5 N–H and O–H groups in total. The van der Waals surface area contributed by atoms with Gasteiger partial charge in [0.2, 0.25) is 23.8 Å². The second kappa shape index (κ2) is 6.33. The Kier molecular flexibility index (Phi) is 4.51. The standard InChI is InChI=1S/C11H20N8O/c1-19(2)11-16-9(15-10(17-11)18-12)14-6-5-13-8(20)7-3-4-7/h7H,3-6,12H2,1-2H3,(H,13,20)(H2,14,15,16,17,18). The van der Waals surface area contributed by atoms with Crippen molar-refractivity contribution < 1.29 is 4.79 Å². The van der Waals surface area contributed by atoms with Crippen molar-refractivity contribution in [2.75, 3.05) is 42.8 Å². The highest BCUT2D eigenvalue weighted by molar-refractivity contribution is 5.80. The average Bonchev–Trinajstić information content (AvgIpc) is 3.27. The summed E-state index contributed by atoms with van der Waals surface area (Å²) in [5.74, 6) is 6.86.